The van der Waals surface area contributed by atoms with E-state index >= 15 is 0 Å². The summed E-state index contributed by atoms with van der Waals surface area (Å²) in [6, 6.07) is 7.44. The van der Waals surface area contributed by atoms with Gasteiger partial charge in [-0.05, 0) is 31.5 Å². The van der Waals surface area contributed by atoms with Crippen molar-refractivity contribution in [2.24, 2.45) is 0 Å². The van der Waals surface area contributed by atoms with Gasteiger partial charge in [0.05, 0.1) is 18.7 Å². The number of ether oxygens (including phenoxy) is 2. The zero-order valence-corrected chi connectivity index (χ0v) is 11.2. The number of aromatic nitrogens is 1. The molecule has 4 heteroatoms. The predicted molar refractivity (Wildman–Crippen MR) is 73.5 cm³/mol. The Hall–Kier alpha value is -2.10. The van der Waals surface area contributed by atoms with Crippen molar-refractivity contribution in [1.82, 2.24) is 4.98 Å². The van der Waals surface area contributed by atoms with Crippen LogP contribution in [0, 0.1) is 0 Å². The predicted octanol–water partition coefficient (Wildman–Crippen LogP) is 3.20. The average Bonchev–Trinajstić information content (AvgIpc) is 2.44. The summed E-state index contributed by atoms with van der Waals surface area (Å²) in [4.78, 5) is 16.4. The highest BCUT2D eigenvalue weighted by Crippen LogP contribution is 2.27. The molecule has 100 valence electrons. The molecule has 0 amide bonds. The van der Waals surface area contributed by atoms with E-state index in [0.29, 0.717) is 30.0 Å². The number of rotatable bonds is 5. The number of benzene rings is 1. The van der Waals surface area contributed by atoms with Crippen LogP contribution in [-0.2, 0) is 4.74 Å². The number of nitrogens with zero attached hydrogens (tertiary/aromatic N) is 1. The fourth-order valence-electron chi connectivity index (χ4n) is 1.86. The average molecular weight is 259 g/mol. The van der Waals surface area contributed by atoms with E-state index in [1.165, 1.54) is 0 Å². The lowest BCUT2D eigenvalue weighted by atomic mass is 10.1. The largest absolute Gasteiger partial charge is 0.493 e. The van der Waals surface area contributed by atoms with Crippen LogP contribution < -0.4 is 4.74 Å². The molecule has 0 spiro atoms. The van der Waals surface area contributed by atoms with Crippen molar-refractivity contribution < 1.29 is 14.3 Å². The highest BCUT2D eigenvalue weighted by Gasteiger charge is 2.18. The van der Waals surface area contributed by atoms with Crippen LogP contribution in [0.2, 0.25) is 0 Å². The Balaban J connectivity index is 2.54. The molecule has 2 aromatic rings. The van der Waals surface area contributed by atoms with E-state index in [1.54, 1.807) is 19.2 Å². The number of pyridine rings is 1. The number of hydrogen-bond acceptors (Lipinski definition) is 4. The van der Waals surface area contributed by atoms with Crippen LogP contribution in [0.1, 0.15) is 30.6 Å². The van der Waals surface area contributed by atoms with Crippen molar-refractivity contribution in [3.8, 4) is 5.75 Å². The summed E-state index contributed by atoms with van der Waals surface area (Å²) in [5.74, 6) is 0.143. The van der Waals surface area contributed by atoms with Gasteiger partial charge in [-0.15, -0.1) is 0 Å². The fraction of sp³-hybridized carbons (Fsp3) is 0.333. The molecule has 2 rings (SSSR count). The van der Waals surface area contributed by atoms with Gasteiger partial charge in [0, 0.05) is 11.6 Å². The minimum absolute atomic E-state index is 0.329. The van der Waals surface area contributed by atoms with E-state index in [1.807, 2.05) is 25.1 Å². The lowest BCUT2D eigenvalue weighted by Crippen LogP contribution is -2.09. The van der Waals surface area contributed by atoms with Crippen LogP contribution >= 0.6 is 0 Å². The third-order valence-corrected chi connectivity index (χ3v) is 2.68. The quantitative estimate of drug-likeness (QED) is 0.774. The zero-order valence-electron chi connectivity index (χ0n) is 11.2. The van der Waals surface area contributed by atoms with Crippen LogP contribution in [0.4, 0.5) is 0 Å². The first-order valence-electron chi connectivity index (χ1n) is 6.45. The Kier molecular flexibility index (Phi) is 4.34. The van der Waals surface area contributed by atoms with Gasteiger partial charge in [-0.2, -0.15) is 0 Å². The molecule has 0 N–H and O–H groups in total. The molecule has 0 aliphatic carbocycles. The maximum atomic E-state index is 12.1. The molecular weight excluding hydrogens is 242 g/mol. The molecule has 0 saturated heterocycles. The maximum absolute atomic E-state index is 12.1. The van der Waals surface area contributed by atoms with Crippen molar-refractivity contribution in [2.45, 2.75) is 20.3 Å². The standard InChI is InChI=1S/C15H17NO3/c1-3-10-19-12-8-7-11-6-5-9-16-14(11)13(12)15(17)18-4-2/h5-9H,3-4,10H2,1-2H3. The highest BCUT2D eigenvalue weighted by atomic mass is 16.5. The van der Waals surface area contributed by atoms with E-state index in [-0.39, 0.29) is 0 Å². The Bertz CT molecular complexity index is 581. The van der Waals surface area contributed by atoms with Gasteiger partial charge in [-0.25, -0.2) is 4.79 Å². The first-order chi connectivity index (χ1) is 9.27. The summed E-state index contributed by atoms with van der Waals surface area (Å²) >= 11 is 0. The molecule has 0 aliphatic rings. The van der Waals surface area contributed by atoms with Gasteiger partial charge in [-0.1, -0.05) is 13.0 Å². The lowest BCUT2D eigenvalue weighted by molar-refractivity contribution is 0.0524. The molecule has 0 saturated carbocycles. The minimum Gasteiger partial charge on any atom is -0.493 e. The molecule has 1 aromatic heterocycles. The van der Waals surface area contributed by atoms with Crippen LogP contribution in [-0.4, -0.2) is 24.2 Å². The third-order valence-electron chi connectivity index (χ3n) is 2.68. The highest BCUT2D eigenvalue weighted by molar-refractivity contribution is 6.05. The van der Waals surface area contributed by atoms with Gasteiger partial charge in [0.1, 0.15) is 11.3 Å². The van der Waals surface area contributed by atoms with E-state index in [4.69, 9.17) is 9.47 Å². The molecule has 1 aromatic carbocycles. The summed E-state index contributed by atoms with van der Waals surface area (Å²) in [5, 5.41) is 0.898. The number of carbonyl (C=O) groups excluding carboxylic acids is 1. The number of hydrogen-bond donors (Lipinski definition) is 0. The summed E-state index contributed by atoms with van der Waals surface area (Å²) in [6.07, 6.45) is 2.54. The summed E-state index contributed by atoms with van der Waals surface area (Å²) < 4.78 is 10.7. The molecule has 0 fully saturated rings. The normalized spacial score (nSPS) is 10.4. The van der Waals surface area contributed by atoms with E-state index in [2.05, 4.69) is 4.98 Å². The third kappa shape index (κ3) is 2.84. The summed E-state index contributed by atoms with van der Waals surface area (Å²) in [5.41, 5.74) is 1.03. The maximum Gasteiger partial charge on any atom is 0.344 e. The fourth-order valence-corrected chi connectivity index (χ4v) is 1.86. The van der Waals surface area contributed by atoms with E-state index in [0.717, 1.165) is 11.8 Å². The van der Waals surface area contributed by atoms with Crippen molar-refractivity contribution in [3.63, 3.8) is 0 Å². The first-order valence-corrected chi connectivity index (χ1v) is 6.45. The van der Waals surface area contributed by atoms with Gasteiger partial charge in [0.25, 0.3) is 0 Å². The number of fused-ring (bicyclic) bond motifs is 1. The van der Waals surface area contributed by atoms with Crippen molar-refractivity contribution in [2.75, 3.05) is 13.2 Å². The molecular formula is C15H17NO3. The second-order valence-corrected chi connectivity index (χ2v) is 4.08. The smallest absolute Gasteiger partial charge is 0.344 e. The molecule has 0 bridgehead atoms. The van der Waals surface area contributed by atoms with Gasteiger partial charge >= 0.3 is 5.97 Å². The van der Waals surface area contributed by atoms with Crippen molar-refractivity contribution >= 4 is 16.9 Å². The Morgan fingerprint density at radius 2 is 2.11 bits per heavy atom. The summed E-state index contributed by atoms with van der Waals surface area (Å²) in [6.45, 7) is 4.69. The second kappa shape index (κ2) is 6.18. The number of carbonyl (C=O) groups is 1. The van der Waals surface area contributed by atoms with Crippen molar-refractivity contribution in [1.29, 1.82) is 0 Å². The monoisotopic (exact) mass is 259 g/mol. The minimum atomic E-state index is -0.391. The van der Waals surface area contributed by atoms with Gasteiger partial charge < -0.3 is 9.47 Å². The zero-order chi connectivity index (χ0) is 13.7. The Morgan fingerprint density at radius 1 is 1.26 bits per heavy atom. The van der Waals surface area contributed by atoms with Crippen LogP contribution in [0.5, 0.6) is 5.75 Å². The Labute approximate surface area is 112 Å². The molecule has 19 heavy (non-hydrogen) atoms. The Morgan fingerprint density at radius 3 is 2.84 bits per heavy atom. The lowest BCUT2D eigenvalue weighted by Gasteiger charge is -2.12. The molecule has 0 aliphatic heterocycles. The first kappa shape index (κ1) is 13.3. The van der Waals surface area contributed by atoms with Crippen LogP contribution in [0.25, 0.3) is 10.9 Å². The van der Waals surface area contributed by atoms with Gasteiger partial charge in [0.2, 0.25) is 0 Å². The molecule has 1 heterocycles. The van der Waals surface area contributed by atoms with Gasteiger partial charge in [-0.3, -0.25) is 4.98 Å². The van der Waals surface area contributed by atoms with Crippen LogP contribution in [0.3, 0.4) is 0 Å². The van der Waals surface area contributed by atoms with Crippen LogP contribution in [0.15, 0.2) is 30.5 Å². The second-order valence-electron chi connectivity index (χ2n) is 4.08. The molecule has 0 radical (unpaired) electrons. The molecule has 0 unspecified atom stereocenters. The SMILES string of the molecule is CCCOc1ccc2cccnc2c1C(=O)OCC. The van der Waals surface area contributed by atoms with E-state index in [9.17, 15) is 4.79 Å². The van der Waals surface area contributed by atoms with E-state index < -0.39 is 5.97 Å². The number of esters is 1. The molecule has 0 atom stereocenters. The molecule has 4 nitrogen and oxygen atoms in total. The topological polar surface area (TPSA) is 48.4 Å². The van der Waals surface area contributed by atoms with Gasteiger partial charge in [0.15, 0.2) is 0 Å². The van der Waals surface area contributed by atoms with Crippen molar-refractivity contribution in [3.05, 3.63) is 36.0 Å². The summed E-state index contributed by atoms with van der Waals surface area (Å²) in [7, 11) is 0.